The van der Waals surface area contributed by atoms with Gasteiger partial charge in [-0.3, -0.25) is 0 Å². The van der Waals surface area contributed by atoms with Gasteiger partial charge in [0.15, 0.2) is 0 Å². The molecule has 2 atom stereocenters. The molecule has 1 rings (SSSR count). The summed E-state index contributed by atoms with van der Waals surface area (Å²) in [6.07, 6.45) is 5.06. The molecule has 1 saturated carbocycles. The van der Waals surface area contributed by atoms with Crippen LogP contribution in [-0.4, -0.2) is 31.1 Å². The molecule has 2 heteroatoms. The third kappa shape index (κ3) is 1.96. The van der Waals surface area contributed by atoms with Gasteiger partial charge in [-0.1, -0.05) is 6.42 Å². The summed E-state index contributed by atoms with van der Waals surface area (Å²) in [6, 6.07) is 1.20. The van der Waals surface area contributed by atoms with Gasteiger partial charge >= 0.3 is 0 Å². The van der Waals surface area contributed by atoms with Gasteiger partial charge in [0.25, 0.3) is 0 Å². The Morgan fingerprint density at radius 2 is 2.00 bits per heavy atom. The van der Waals surface area contributed by atoms with E-state index in [2.05, 4.69) is 19.0 Å². The molecular formula is C8H18N2. The van der Waals surface area contributed by atoms with Crippen molar-refractivity contribution in [2.24, 2.45) is 5.73 Å². The molecule has 60 valence electrons. The highest BCUT2D eigenvalue weighted by molar-refractivity contribution is 4.79. The first kappa shape index (κ1) is 8.02. The Morgan fingerprint density at radius 1 is 1.30 bits per heavy atom. The molecular weight excluding hydrogens is 124 g/mol. The van der Waals surface area contributed by atoms with Crippen molar-refractivity contribution >= 4 is 0 Å². The maximum atomic E-state index is 5.84. The lowest BCUT2D eigenvalue weighted by Crippen LogP contribution is -2.38. The Bertz CT molecular complexity index is 101. The Balaban J connectivity index is 2.32. The summed E-state index contributed by atoms with van der Waals surface area (Å²) in [5.41, 5.74) is 5.84. The second-order valence-corrected chi connectivity index (χ2v) is 3.54. The van der Waals surface area contributed by atoms with Gasteiger partial charge in [-0.15, -0.1) is 0 Å². The molecule has 0 bridgehead atoms. The van der Waals surface area contributed by atoms with E-state index in [4.69, 9.17) is 5.73 Å². The fourth-order valence-corrected chi connectivity index (χ4v) is 1.67. The van der Waals surface area contributed by atoms with Gasteiger partial charge in [-0.2, -0.15) is 0 Å². The van der Waals surface area contributed by atoms with E-state index >= 15 is 0 Å². The minimum atomic E-state index is 0.459. The zero-order chi connectivity index (χ0) is 7.56. The highest BCUT2D eigenvalue weighted by Crippen LogP contribution is 2.19. The van der Waals surface area contributed by atoms with Crippen LogP contribution in [0.1, 0.15) is 25.7 Å². The average Bonchev–Trinajstić information content (AvgIpc) is 1.88. The molecule has 0 heterocycles. The first-order chi connectivity index (χ1) is 4.70. The molecule has 2 N–H and O–H groups in total. The number of hydrogen-bond donors (Lipinski definition) is 1. The van der Waals surface area contributed by atoms with Crippen LogP contribution in [-0.2, 0) is 0 Å². The summed E-state index contributed by atoms with van der Waals surface area (Å²) >= 11 is 0. The van der Waals surface area contributed by atoms with Crippen LogP contribution in [0.25, 0.3) is 0 Å². The van der Waals surface area contributed by atoms with Crippen molar-refractivity contribution in [3.8, 4) is 0 Å². The molecule has 1 aliphatic carbocycles. The van der Waals surface area contributed by atoms with Gasteiger partial charge in [0, 0.05) is 12.1 Å². The summed E-state index contributed by atoms with van der Waals surface area (Å²) in [7, 11) is 4.28. The average molecular weight is 142 g/mol. The molecule has 1 unspecified atom stereocenters. The van der Waals surface area contributed by atoms with Crippen LogP contribution in [0.15, 0.2) is 0 Å². The summed E-state index contributed by atoms with van der Waals surface area (Å²) in [4.78, 5) is 2.29. The highest BCUT2D eigenvalue weighted by Gasteiger charge is 2.19. The minimum absolute atomic E-state index is 0.459. The van der Waals surface area contributed by atoms with Crippen molar-refractivity contribution in [3.05, 3.63) is 0 Å². The van der Waals surface area contributed by atoms with Crippen LogP contribution in [0.2, 0.25) is 0 Å². The van der Waals surface area contributed by atoms with Crippen molar-refractivity contribution in [1.29, 1.82) is 0 Å². The van der Waals surface area contributed by atoms with Gasteiger partial charge < -0.3 is 10.6 Å². The SMILES string of the molecule is CN(C)C1CCC[C@@H](N)C1. The summed E-state index contributed by atoms with van der Waals surface area (Å²) in [5.74, 6) is 0. The lowest BCUT2D eigenvalue weighted by molar-refractivity contribution is 0.214. The molecule has 0 amide bonds. The van der Waals surface area contributed by atoms with E-state index in [9.17, 15) is 0 Å². The molecule has 1 aliphatic rings. The third-order valence-corrected chi connectivity index (χ3v) is 2.42. The number of nitrogens with zero attached hydrogens (tertiary/aromatic N) is 1. The van der Waals surface area contributed by atoms with Crippen LogP contribution >= 0.6 is 0 Å². The van der Waals surface area contributed by atoms with Gasteiger partial charge in [0.2, 0.25) is 0 Å². The predicted octanol–water partition coefficient (Wildman–Crippen LogP) is 0.818. The molecule has 0 spiro atoms. The van der Waals surface area contributed by atoms with Gasteiger partial charge in [-0.25, -0.2) is 0 Å². The molecule has 0 saturated heterocycles. The van der Waals surface area contributed by atoms with Crippen molar-refractivity contribution in [3.63, 3.8) is 0 Å². The maximum Gasteiger partial charge on any atom is 0.0104 e. The number of hydrogen-bond acceptors (Lipinski definition) is 2. The summed E-state index contributed by atoms with van der Waals surface area (Å²) < 4.78 is 0. The molecule has 0 aromatic heterocycles. The first-order valence-electron chi connectivity index (χ1n) is 4.12. The second kappa shape index (κ2) is 3.35. The molecule has 0 aromatic rings. The Labute approximate surface area is 63.4 Å². The van der Waals surface area contributed by atoms with Crippen molar-refractivity contribution < 1.29 is 0 Å². The van der Waals surface area contributed by atoms with E-state index in [1.54, 1.807) is 0 Å². The normalized spacial score (nSPS) is 34.8. The fraction of sp³-hybridized carbons (Fsp3) is 1.00. The monoisotopic (exact) mass is 142 g/mol. The zero-order valence-electron chi connectivity index (χ0n) is 7.01. The van der Waals surface area contributed by atoms with Crippen LogP contribution < -0.4 is 5.73 Å². The van der Waals surface area contributed by atoms with E-state index in [1.165, 1.54) is 25.7 Å². The smallest absolute Gasteiger partial charge is 0.0104 e. The Morgan fingerprint density at radius 3 is 2.40 bits per heavy atom. The van der Waals surface area contributed by atoms with E-state index < -0.39 is 0 Å². The zero-order valence-corrected chi connectivity index (χ0v) is 7.01. The first-order valence-corrected chi connectivity index (χ1v) is 4.12. The van der Waals surface area contributed by atoms with Crippen LogP contribution in [0.3, 0.4) is 0 Å². The highest BCUT2D eigenvalue weighted by atomic mass is 15.1. The molecule has 0 radical (unpaired) electrons. The van der Waals surface area contributed by atoms with Crippen LogP contribution in [0.4, 0.5) is 0 Å². The Kier molecular flexibility index (Phi) is 2.69. The van der Waals surface area contributed by atoms with Crippen molar-refractivity contribution in [1.82, 2.24) is 4.90 Å². The predicted molar refractivity (Wildman–Crippen MR) is 43.9 cm³/mol. The molecule has 10 heavy (non-hydrogen) atoms. The Hall–Kier alpha value is -0.0800. The molecule has 2 nitrogen and oxygen atoms in total. The largest absolute Gasteiger partial charge is 0.328 e. The van der Waals surface area contributed by atoms with E-state index in [1.807, 2.05) is 0 Å². The fourth-order valence-electron chi connectivity index (χ4n) is 1.67. The number of rotatable bonds is 1. The van der Waals surface area contributed by atoms with Gasteiger partial charge in [-0.05, 0) is 33.4 Å². The van der Waals surface area contributed by atoms with Gasteiger partial charge in [0.05, 0.1) is 0 Å². The minimum Gasteiger partial charge on any atom is -0.328 e. The van der Waals surface area contributed by atoms with E-state index in [0.717, 1.165) is 6.04 Å². The van der Waals surface area contributed by atoms with Gasteiger partial charge in [0.1, 0.15) is 0 Å². The second-order valence-electron chi connectivity index (χ2n) is 3.54. The summed E-state index contributed by atoms with van der Waals surface area (Å²) in [5, 5.41) is 0. The van der Waals surface area contributed by atoms with Crippen LogP contribution in [0.5, 0.6) is 0 Å². The third-order valence-electron chi connectivity index (χ3n) is 2.42. The maximum absolute atomic E-state index is 5.84. The quantitative estimate of drug-likeness (QED) is 0.587. The summed E-state index contributed by atoms with van der Waals surface area (Å²) in [6.45, 7) is 0. The lowest BCUT2D eigenvalue weighted by Gasteiger charge is -2.31. The number of nitrogens with two attached hydrogens (primary N) is 1. The lowest BCUT2D eigenvalue weighted by atomic mass is 9.91. The topological polar surface area (TPSA) is 29.3 Å². The van der Waals surface area contributed by atoms with Crippen molar-refractivity contribution in [2.75, 3.05) is 14.1 Å². The molecule has 0 aliphatic heterocycles. The molecule has 0 aromatic carbocycles. The van der Waals surface area contributed by atoms with E-state index in [-0.39, 0.29) is 0 Å². The molecule has 1 fully saturated rings. The van der Waals surface area contributed by atoms with Crippen LogP contribution in [0, 0.1) is 0 Å². The van der Waals surface area contributed by atoms with Crippen molar-refractivity contribution in [2.45, 2.75) is 37.8 Å². The van der Waals surface area contributed by atoms with E-state index in [0.29, 0.717) is 6.04 Å². The standard InChI is InChI=1S/C8H18N2/c1-10(2)8-5-3-4-7(9)6-8/h7-8H,3-6,9H2,1-2H3/t7-,8?/m1/s1.